The number of imide groups is 1. The molecule has 7 nitrogen and oxygen atoms in total. The monoisotopic (exact) mass is 490 g/mol. The molecule has 4 fully saturated rings. The topological polar surface area (TPSA) is 73.0 Å². The van der Waals surface area contributed by atoms with Crippen LogP contribution in [0.4, 0.5) is 4.79 Å². The van der Waals surface area contributed by atoms with E-state index in [1.807, 2.05) is 30.3 Å². The van der Waals surface area contributed by atoms with Gasteiger partial charge in [0.2, 0.25) is 5.91 Å². The van der Waals surface area contributed by atoms with Crippen molar-refractivity contribution in [2.24, 2.45) is 11.8 Å². The van der Waals surface area contributed by atoms with E-state index in [1.165, 1.54) is 42.7 Å². The maximum atomic E-state index is 13.5. The number of likely N-dealkylation sites (tertiary alicyclic amines) is 1. The van der Waals surface area contributed by atoms with Crippen molar-refractivity contribution >= 4 is 17.8 Å². The highest BCUT2D eigenvalue weighted by molar-refractivity contribution is 6.04. The average Bonchev–Trinajstić information content (AvgIpc) is 3.18. The van der Waals surface area contributed by atoms with Crippen LogP contribution < -0.4 is 5.32 Å². The normalized spacial score (nSPS) is 32.0. The second kappa shape index (κ2) is 10.0. The Morgan fingerprint density at radius 2 is 1.92 bits per heavy atom. The predicted molar refractivity (Wildman–Crippen MR) is 137 cm³/mol. The third kappa shape index (κ3) is 4.47. The summed E-state index contributed by atoms with van der Waals surface area (Å²) in [6.07, 6.45) is 11.1. The van der Waals surface area contributed by atoms with Crippen LogP contribution >= 0.6 is 0 Å². The third-order valence-corrected chi connectivity index (χ3v) is 9.20. The number of piperidine rings is 3. The lowest BCUT2D eigenvalue weighted by Crippen LogP contribution is -2.60. The zero-order valence-electron chi connectivity index (χ0n) is 21.1. The number of amides is 4. The van der Waals surface area contributed by atoms with E-state index in [0.29, 0.717) is 43.7 Å². The highest BCUT2D eigenvalue weighted by atomic mass is 16.2. The van der Waals surface area contributed by atoms with Crippen molar-refractivity contribution in [2.75, 3.05) is 26.2 Å². The van der Waals surface area contributed by atoms with Gasteiger partial charge < -0.3 is 10.2 Å². The van der Waals surface area contributed by atoms with Crippen molar-refractivity contribution < 1.29 is 14.4 Å². The largest absolute Gasteiger partial charge is 0.336 e. The fraction of sp³-hybridized carbons (Fsp3) is 0.621. The van der Waals surface area contributed by atoms with Crippen LogP contribution in [-0.2, 0) is 16.0 Å². The molecule has 4 aliphatic heterocycles. The van der Waals surface area contributed by atoms with Crippen LogP contribution in [0.25, 0.3) is 0 Å². The molecular formula is C29H38N4O3. The Labute approximate surface area is 213 Å². The quantitative estimate of drug-likeness (QED) is 0.490. The minimum Gasteiger partial charge on any atom is -0.336 e. The Hall–Kier alpha value is -2.67. The Morgan fingerprint density at radius 1 is 1.06 bits per heavy atom. The van der Waals surface area contributed by atoms with Gasteiger partial charge in [0.15, 0.2) is 0 Å². The Bertz CT molecular complexity index is 1040. The maximum absolute atomic E-state index is 13.5. The molecule has 1 N–H and O–H groups in total. The lowest BCUT2D eigenvalue weighted by molar-refractivity contribution is -0.136. The molecular weight excluding hydrogens is 452 g/mol. The van der Waals surface area contributed by atoms with Crippen molar-refractivity contribution in [3.8, 4) is 0 Å². The van der Waals surface area contributed by atoms with Crippen LogP contribution in [-0.4, -0.2) is 76.8 Å². The molecule has 0 radical (unpaired) electrons. The van der Waals surface area contributed by atoms with Gasteiger partial charge in [0.05, 0.1) is 6.04 Å². The lowest BCUT2D eigenvalue weighted by Gasteiger charge is -2.54. The highest BCUT2D eigenvalue weighted by Crippen LogP contribution is 2.45. The summed E-state index contributed by atoms with van der Waals surface area (Å²) in [4.78, 5) is 45.0. The summed E-state index contributed by atoms with van der Waals surface area (Å²) in [5.41, 5.74) is 2.58. The molecule has 4 heterocycles. The molecule has 5 aliphatic rings. The van der Waals surface area contributed by atoms with E-state index in [-0.39, 0.29) is 23.9 Å². The van der Waals surface area contributed by atoms with Crippen LogP contribution in [0.15, 0.2) is 42.0 Å². The zero-order valence-corrected chi connectivity index (χ0v) is 21.1. The van der Waals surface area contributed by atoms with Gasteiger partial charge in [-0.2, -0.15) is 0 Å². The molecule has 36 heavy (non-hydrogen) atoms. The molecule has 5 atom stereocenters. The summed E-state index contributed by atoms with van der Waals surface area (Å²) in [5, 5.41) is 2.82. The van der Waals surface area contributed by atoms with Crippen LogP contribution in [0.1, 0.15) is 56.9 Å². The second-order valence-corrected chi connectivity index (χ2v) is 11.4. The summed E-state index contributed by atoms with van der Waals surface area (Å²) >= 11 is 0. The highest BCUT2D eigenvalue weighted by Gasteiger charge is 2.47. The first-order valence-electron chi connectivity index (χ1n) is 14.0. The molecule has 7 heteroatoms. The number of nitrogens with zero attached hydrogens (tertiary/aromatic N) is 3. The molecule has 0 unspecified atom stereocenters. The molecule has 0 aromatic heterocycles. The summed E-state index contributed by atoms with van der Waals surface area (Å²) in [5.74, 6) is 1.11. The molecule has 0 saturated carbocycles. The number of hydrogen-bond acceptors (Lipinski definition) is 4. The van der Waals surface area contributed by atoms with E-state index in [0.717, 1.165) is 31.5 Å². The van der Waals surface area contributed by atoms with Crippen LogP contribution in [0.2, 0.25) is 0 Å². The molecule has 192 valence electrons. The van der Waals surface area contributed by atoms with E-state index < -0.39 is 6.04 Å². The SMILES string of the molecule is O=C1N[C@@H](CCC(=O)N2CCCC3=C[C@H]4C[C@@H](CN5CCCC[C@H]45)[C@@H]32)C(=O)N1CCc1ccccc1. The number of nitrogens with one attached hydrogen (secondary N) is 1. The van der Waals surface area contributed by atoms with Gasteiger partial charge in [-0.3, -0.25) is 19.4 Å². The minimum atomic E-state index is -0.600. The summed E-state index contributed by atoms with van der Waals surface area (Å²) < 4.78 is 0. The Morgan fingerprint density at radius 3 is 2.78 bits per heavy atom. The van der Waals surface area contributed by atoms with Crippen molar-refractivity contribution in [3.05, 3.63) is 47.5 Å². The van der Waals surface area contributed by atoms with Gasteiger partial charge in [0.25, 0.3) is 5.91 Å². The smallest absolute Gasteiger partial charge is 0.324 e. The predicted octanol–water partition coefficient (Wildman–Crippen LogP) is 3.35. The van der Waals surface area contributed by atoms with Gasteiger partial charge in [-0.05, 0) is 68.9 Å². The standard InChI is InChI=1S/C29H38N4O3/c34-26(12-11-24-28(35)33(29(36)30-24)16-13-20-7-2-1-3-8-20)32-15-6-9-21-17-22-18-23(27(21)32)19-31-14-5-4-10-25(22)31/h1-3,7-8,17,22-25,27H,4-6,9-16,18-19H2,(H,30,36)/t22-,23-,24-,25+,27+/m0/s1. The van der Waals surface area contributed by atoms with E-state index in [1.54, 1.807) is 0 Å². The third-order valence-electron chi connectivity index (χ3n) is 9.20. The van der Waals surface area contributed by atoms with Gasteiger partial charge in [-0.25, -0.2) is 4.79 Å². The summed E-state index contributed by atoms with van der Waals surface area (Å²) in [7, 11) is 0. The van der Waals surface area contributed by atoms with Gasteiger partial charge in [0.1, 0.15) is 6.04 Å². The van der Waals surface area contributed by atoms with Gasteiger partial charge in [0, 0.05) is 32.1 Å². The molecule has 0 spiro atoms. The molecule has 6 rings (SSSR count). The molecule has 2 bridgehead atoms. The van der Waals surface area contributed by atoms with Crippen molar-refractivity contribution in [1.29, 1.82) is 0 Å². The first-order chi connectivity index (χ1) is 17.6. The number of rotatable bonds is 6. The van der Waals surface area contributed by atoms with Crippen molar-refractivity contribution in [1.82, 2.24) is 20.0 Å². The number of hydrogen-bond donors (Lipinski definition) is 1. The van der Waals surface area contributed by atoms with E-state index in [4.69, 9.17) is 0 Å². The summed E-state index contributed by atoms with van der Waals surface area (Å²) in [6.45, 7) is 3.48. The second-order valence-electron chi connectivity index (χ2n) is 11.4. The van der Waals surface area contributed by atoms with Gasteiger partial charge >= 0.3 is 6.03 Å². The van der Waals surface area contributed by atoms with Gasteiger partial charge in [-0.1, -0.05) is 48.4 Å². The van der Waals surface area contributed by atoms with Crippen molar-refractivity contribution in [3.63, 3.8) is 0 Å². The number of benzene rings is 1. The van der Waals surface area contributed by atoms with E-state index in [2.05, 4.69) is 21.2 Å². The van der Waals surface area contributed by atoms with E-state index >= 15 is 0 Å². The average molecular weight is 491 g/mol. The van der Waals surface area contributed by atoms with E-state index in [9.17, 15) is 14.4 Å². The zero-order chi connectivity index (χ0) is 24.6. The molecule has 4 saturated heterocycles. The molecule has 1 aromatic carbocycles. The lowest BCUT2D eigenvalue weighted by atomic mass is 9.68. The summed E-state index contributed by atoms with van der Waals surface area (Å²) in [6, 6.07) is 9.86. The first-order valence-corrected chi connectivity index (χ1v) is 14.0. The van der Waals surface area contributed by atoms with Crippen LogP contribution in [0.3, 0.4) is 0 Å². The maximum Gasteiger partial charge on any atom is 0.324 e. The number of urea groups is 1. The fourth-order valence-electron chi connectivity index (χ4n) is 7.53. The van der Waals surface area contributed by atoms with Crippen molar-refractivity contribution in [2.45, 2.75) is 75.9 Å². The molecule has 1 aliphatic carbocycles. The fourth-order valence-corrected chi connectivity index (χ4v) is 7.53. The first kappa shape index (κ1) is 23.7. The number of fused-ring (bicyclic) bond motifs is 6. The van der Waals surface area contributed by atoms with Gasteiger partial charge in [-0.15, -0.1) is 0 Å². The molecule has 1 aromatic rings. The Kier molecular flexibility index (Phi) is 6.59. The van der Waals surface area contributed by atoms with Crippen LogP contribution in [0.5, 0.6) is 0 Å². The van der Waals surface area contributed by atoms with Crippen LogP contribution in [0, 0.1) is 11.8 Å². The Balaban J connectivity index is 1.07. The number of carbonyl (C=O) groups excluding carboxylic acids is 3. The number of carbonyl (C=O) groups is 3. The molecule has 4 amide bonds. The minimum absolute atomic E-state index is 0.134.